The van der Waals surface area contributed by atoms with Crippen LogP contribution in [0.15, 0.2) is 59.0 Å². The molecule has 1 atom stereocenters. The van der Waals surface area contributed by atoms with Crippen LogP contribution in [0, 0.1) is 12.7 Å². The van der Waals surface area contributed by atoms with Crippen molar-refractivity contribution >= 4 is 39.5 Å². The first-order valence-corrected chi connectivity index (χ1v) is 12.6. The number of rotatable bonds is 7. The van der Waals surface area contributed by atoms with Crippen LogP contribution in [0.4, 0.5) is 15.8 Å². The van der Waals surface area contributed by atoms with E-state index in [1.807, 2.05) is 25.1 Å². The third-order valence-electron chi connectivity index (χ3n) is 6.53. The first kappa shape index (κ1) is 24.0. The molecule has 36 heavy (non-hydrogen) atoms. The Morgan fingerprint density at radius 2 is 1.92 bits per heavy atom. The number of fused-ring (bicyclic) bond motifs is 1. The summed E-state index contributed by atoms with van der Waals surface area (Å²) in [5, 5.41) is 3.26. The van der Waals surface area contributed by atoms with Crippen molar-refractivity contribution in [2.75, 3.05) is 17.1 Å². The van der Waals surface area contributed by atoms with E-state index in [0.29, 0.717) is 39.2 Å². The highest BCUT2D eigenvalue weighted by Crippen LogP contribution is 2.48. The van der Waals surface area contributed by atoms with Crippen LogP contribution in [0.1, 0.15) is 45.8 Å². The van der Waals surface area contributed by atoms with Crippen LogP contribution in [-0.4, -0.2) is 21.7 Å². The Hall–Kier alpha value is -3.69. The Labute approximate surface area is 210 Å². The lowest BCUT2D eigenvalue weighted by molar-refractivity contribution is 0.0964. The number of nitrogens with two attached hydrogens (primary N) is 1. The second-order valence-electron chi connectivity index (χ2n) is 9.03. The van der Waals surface area contributed by atoms with Gasteiger partial charge in [0, 0.05) is 29.8 Å². The molecule has 0 saturated heterocycles. The molecule has 4 N–H and O–H groups in total. The van der Waals surface area contributed by atoms with Crippen molar-refractivity contribution in [1.82, 2.24) is 5.32 Å². The van der Waals surface area contributed by atoms with E-state index in [-0.39, 0.29) is 18.4 Å². The largest absolute Gasteiger partial charge is 0.455 e. The Bertz CT molecular complexity index is 1500. The molecule has 4 aromatic rings. The van der Waals surface area contributed by atoms with Crippen LogP contribution < -0.4 is 15.4 Å². The molecular weight excluding hydrogens is 481 g/mol. The molecule has 3 aromatic carbocycles. The third kappa shape index (κ3) is 4.47. The van der Waals surface area contributed by atoms with Crippen molar-refractivity contribution in [3.8, 4) is 11.3 Å². The van der Waals surface area contributed by atoms with Crippen LogP contribution in [0.2, 0.25) is 0 Å². The van der Waals surface area contributed by atoms with Gasteiger partial charge in [-0.25, -0.2) is 8.60 Å². The molecule has 9 heteroatoms. The maximum atomic E-state index is 13.5. The standard InChI is InChI=1S/C27H26FN3O4S/c1-15-11-16(3-10-22(15)29)14-31(36(33)34)23-13-24-21(12-20(23)17-4-5-17)25(27(32)30-2)26(35-24)18-6-8-19(28)9-7-18/h3,6-13,17H,4-5,14,29H2,1-2H3,(H,30,32)(H,33,34). The summed E-state index contributed by atoms with van der Waals surface area (Å²) in [6.07, 6.45) is 1.90. The molecule has 1 heterocycles. The van der Waals surface area contributed by atoms with Gasteiger partial charge in [-0.05, 0) is 78.8 Å². The predicted molar refractivity (Wildman–Crippen MR) is 140 cm³/mol. The number of halogens is 1. The maximum absolute atomic E-state index is 13.5. The summed E-state index contributed by atoms with van der Waals surface area (Å²) < 4.78 is 43.9. The van der Waals surface area contributed by atoms with E-state index in [0.717, 1.165) is 29.5 Å². The number of amides is 1. The summed E-state index contributed by atoms with van der Waals surface area (Å²) in [6, 6.07) is 14.9. The smallest absolute Gasteiger partial charge is 0.262 e. The van der Waals surface area contributed by atoms with E-state index in [1.54, 1.807) is 24.3 Å². The average Bonchev–Trinajstić information content (AvgIpc) is 3.64. The lowest BCUT2D eigenvalue weighted by Gasteiger charge is -2.23. The number of anilines is 2. The first-order chi connectivity index (χ1) is 17.3. The van der Waals surface area contributed by atoms with Crippen molar-refractivity contribution < 1.29 is 22.4 Å². The second-order valence-corrected chi connectivity index (χ2v) is 9.93. The molecule has 0 spiro atoms. The molecular formula is C27H26FN3O4S. The monoisotopic (exact) mass is 507 g/mol. The number of carbonyl (C=O) groups is 1. The normalized spacial score (nSPS) is 14.1. The summed E-state index contributed by atoms with van der Waals surface area (Å²) in [5.41, 5.74) is 11.1. The van der Waals surface area contributed by atoms with Crippen LogP contribution in [0.25, 0.3) is 22.3 Å². The Balaban J connectivity index is 1.68. The lowest BCUT2D eigenvalue weighted by atomic mass is 10.00. The summed E-state index contributed by atoms with van der Waals surface area (Å²) >= 11 is -2.32. The van der Waals surface area contributed by atoms with Gasteiger partial charge in [-0.2, -0.15) is 0 Å². The number of aryl methyl sites for hydroxylation is 1. The van der Waals surface area contributed by atoms with Crippen molar-refractivity contribution in [2.45, 2.75) is 32.2 Å². The zero-order chi connectivity index (χ0) is 25.6. The topological polar surface area (TPSA) is 109 Å². The minimum atomic E-state index is -2.32. The van der Waals surface area contributed by atoms with Crippen molar-refractivity contribution in [1.29, 1.82) is 0 Å². The Morgan fingerprint density at radius 3 is 2.53 bits per heavy atom. The third-order valence-corrected chi connectivity index (χ3v) is 7.24. The number of hydrogen-bond acceptors (Lipinski definition) is 4. The summed E-state index contributed by atoms with van der Waals surface area (Å²) in [7, 11) is 1.54. The van der Waals surface area contributed by atoms with E-state index in [2.05, 4.69) is 5.32 Å². The van der Waals surface area contributed by atoms with Gasteiger partial charge >= 0.3 is 0 Å². The SMILES string of the molecule is CNC(=O)c1c(-c2ccc(F)cc2)oc2cc(N(Cc3ccc(N)c(C)c3)S(=O)O)c(C3CC3)cc12. The molecule has 186 valence electrons. The second kappa shape index (κ2) is 9.40. The molecule has 1 unspecified atom stereocenters. The van der Waals surface area contributed by atoms with Gasteiger partial charge < -0.3 is 15.5 Å². The molecule has 1 aromatic heterocycles. The molecule has 0 radical (unpaired) electrons. The van der Waals surface area contributed by atoms with Crippen LogP contribution in [0.5, 0.6) is 0 Å². The van der Waals surface area contributed by atoms with Gasteiger partial charge in [-0.3, -0.25) is 13.7 Å². The Kier molecular flexibility index (Phi) is 6.27. The van der Waals surface area contributed by atoms with Crippen LogP contribution in [-0.2, 0) is 17.8 Å². The van der Waals surface area contributed by atoms with Crippen LogP contribution in [0.3, 0.4) is 0 Å². The van der Waals surface area contributed by atoms with Crippen molar-refractivity contribution in [3.05, 3.63) is 82.7 Å². The molecule has 5 rings (SSSR count). The van der Waals surface area contributed by atoms with E-state index in [9.17, 15) is 17.9 Å². The predicted octanol–water partition coefficient (Wildman–Crippen LogP) is 5.51. The van der Waals surface area contributed by atoms with E-state index in [1.165, 1.54) is 23.5 Å². The quantitative estimate of drug-likeness (QED) is 0.226. The fourth-order valence-electron chi connectivity index (χ4n) is 4.47. The highest BCUT2D eigenvalue weighted by molar-refractivity contribution is 7.80. The molecule has 1 amide bonds. The van der Waals surface area contributed by atoms with Gasteiger partial charge in [0.15, 0.2) is 0 Å². The number of carbonyl (C=O) groups excluding carboxylic acids is 1. The molecule has 1 fully saturated rings. The van der Waals surface area contributed by atoms with Gasteiger partial charge in [-0.15, -0.1) is 0 Å². The highest BCUT2D eigenvalue weighted by atomic mass is 32.2. The molecule has 0 aliphatic heterocycles. The minimum absolute atomic E-state index is 0.184. The number of nitrogen functional groups attached to an aromatic ring is 1. The van der Waals surface area contributed by atoms with Gasteiger partial charge in [0.1, 0.15) is 17.2 Å². The zero-order valence-electron chi connectivity index (χ0n) is 19.9. The van der Waals surface area contributed by atoms with E-state index < -0.39 is 17.1 Å². The minimum Gasteiger partial charge on any atom is -0.455 e. The number of nitrogens with zero attached hydrogens (tertiary/aromatic N) is 1. The fourth-order valence-corrected chi connectivity index (χ4v) is 5.05. The van der Waals surface area contributed by atoms with Gasteiger partial charge in [0.25, 0.3) is 17.2 Å². The van der Waals surface area contributed by atoms with Gasteiger partial charge in [-0.1, -0.05) is 12.1 Å². The number of hydrogen-bond donors (Lipinski definition) is 3. The van der Waals surface area contributed by atoms with Crippen LogP contribution >= 0.6 is 0 Å². The van der Waals surface area contributed by atoms with Gasteiger partial charge in [0.05, 0.1) is 17.8 Å². The number of nitrogens with one attached hydrogen (secondary N) is 1. The lowest BCUT2D eigenvalue weighted by Crippen LogP contribution is -2.25. The van der Waals surface area contributed by atoms with Crippen molar-refractivity contribution in [2.24, 2.45) is 0 Å². The molecule has 1 saturated carbocycles. The van der Waals surface area contributed by atoms with E-state index in [4.69, 9.17) is 10.2 Å². The maximum Gasteiger partial charge on any atom is 0.262 e. The molecule has 1 aliphatic carbocycles. The fraction of sp³-hybridized carbons (Fsp3) is 0.222. The van der Waals surface area contributed by atoms with Crippen molar-refractivity contribution in [3.63, 3.8) is 0 Å². The van der Waals surface area contributed by atoms with Gasteiger partial charge in [0.2, 0.25) is 0 Å². The number of furan rings is 1. The number of benzene rings is 3. The molecule has 0 bridgehead atoms. The highest BCUT2D eigenvalue weighted by Gasteiger charge is 2.32. The summed E-state index contributed by atoms with van der Waals surface area (Å²) in [6.45, 7) is 2.07. The summed E-state index contributed by atoms with van der Waals surface area (Å²) in [5.74, 6) is -0.199. The Morgan fingerprint density at radius 1 is 1.19 bits per heavy atom. The zero-order valence-corrected chi connectivity index (χ0v) is 20.7. The molecule has 1 aliphatic rings. The molecule has 7 nitrogen and oxygen atoms in total. The van der Waals surface area contributed by atoms with E-state index >= 15 is 0 Å². The summed E-state index contributed by atoms with van der Waals surface area (Å²) in [4.78, 5) is 12.9. The first-order valence-electron chi connectivity index (χ1n) is 11.6. The average molecular weight is 508 g/mol.